The minimum absolute atomic E-state index is 0.572. The molecule has 0 fully saturated rings. The second kappa shape index (κ2) is 12.2. The number of nitrogens with zero attached hydrogens (tertiary/aromatic N) is 1. The van der Waals surface area contributed by atoms with E-state index in [-0.39, 0.29) is 0 Å². The lowest BCUT2D eigenvalue weighted by molar-refractivity contribution is 0.288. The zero-order chi connectivity index (χ0) is 27.2. The van der Waals surface area contributed by atoms with Crippen LogP contribution in [0, 0.1) is 6.92 Å². The average Bonchev–Trinajstić information content (AvgIpc) is 3.36. The van der Waals surface area contributed by atoms with Gasteiger partial charge in [0.05, 0.1) is 24.4 Å². The third-order valence-electron chi connectivity index (χ3n) is 7.17. The van der Waals surface area contributed by atoms with Crippen LogP contribution in [0.25, 0.3) is 21.8 Å². The fraction of sp³-hybridized carbons (Fsp3) is 0.303. The largest absolute Gasteiger partial charge is 0.490 e. The van der Waals surface area contributed by atoms with Gasteiger partial charge < -0.3 is 25.1 Å². The Morgan fingerprint density at radius 3 is 2.46 bits per heavy atom. The van der Waals surface area contributed by atoms with Crippen LogP contribution >= 0.6 is 0 Å². The summed E-state index contributed by atoms with van der Waals surface area (Å²) in [5.74, 6) is 1.47. The monoisotopic (exact) mass is 522 g/mol. The maximum absolute atomic E-state index is 5.92. The van der Waals surface area contributed by atoms with E-state index in [1.807, 2.05) is 32.2 Å². The van der Waals surface area contributed by atoms with Crippen molar-refractivity contribution < 1.29 is 9.47 Å². The Labute approximate surface area is 230 Å². The standard InChI is InChI=1S/C33H38N4O2/c1-5-25-23(20-34-16-15-24-21-36-28-13-9-8-12-26(24)28)11-10-14-29(25)37-33-22(4)19-35-30-18-32(39-7-3)31(38-6-2)17-27(30)33/h8-14,17-19,21,34,36H,5-7,15-16,20H2,1-4H3,(H,35,37). The summed E-state index contributed by atoms with van der Waals surface area (Å²) >= 11 is 0. The van der Waals surface area contributed by atoms with Crippen molar-refractivity contribution in [2.75, 3.05) is 25.1 Å². The molecule has 6 nitrogen and oxygen atoms in total. The van der Waals surface area contributed by atoms with Crippen molar-refractivity contribution in [2.24, 2.45) is 0 Å². The van der Waals surface area contributed by atoms with E-state index in [2.05, 4.69) is 83.1 Å². The SMILES string of the molecule is CCOc1cc2ncc(C)c(Nc3cccc(CNCCc4c[nH]c5ccccc45)c3CC)c2cc1OCC. The van der Waals surface area contributed by atoms with Gasteiger partial charge >= 0.3 is 0 Å². The molecule has 0 aliphatic carbocycles. The van der Waals surface area contributed by atoms with Crippen LogP contribution in [0.3, 0.4) is 0 Å². The van der Waals surface area contributed by atoms with Crippen LogP contribution in [-0.2, 0) is 19.4 Å². The predicted molar refractivity (Wildman–Crippen MR) is 162 cm³/mol. The van der Waals surface area contributed by atoms with Crippen molar-refractivity contribution in [2.45, 2.75) is 47.1 Å². The molecule has 0 amide bonds. The Morgan fingerprint density at radius 2 is 1.67 bits per heavy atom. The molecular weight excluding hydrogens is 484 g/mol. The van der Waals surface area contributed by atoms with Gasteiger partial charge in [-0.05, 0) is 80.6 Å². The summed E-state index contributed by atoms with van der Waals surface area (Å²) < 4.78 is 11.8. The molecule has 0 atom stereocenters. The first-order chi connectivity index (χ1) is 19.1. The number of fused-ring (bicyclic) bond motifs is 2. The molecule has 0 saturated heterocycles. The molecule has 0 aliphatic heterocycles. The Bertz CT molecular complexity index is 1570. The van der Waals surface area contributed by atoms with Gasteiger partial charge in [0.1, 0.15) is 0 Å². The number of anilines is 2. The summed E-state index contributed by atoms with van der Waals surface area (Å²) in [5, 5.41) is 9.76. The summed E-state index contributed by atoms with van der Waals surface area (Å²) in [7, 11) is 0. The van der Waals surface area contributed by atoms with E-state index in [9.17, 15) is 0 Å². The number of nitrogens with one attached hydrogen (secondary N) is 3. The van der Waals surface area contributed by atoms with Crippen LogP contribution in [0.4, 0.5) is 11.4 Å². The number of benzene rings is 3. The van der Waals surface area contributed by atoms with Gasteiger partial charge in [-0.15, -0.1) is 0 Å². The van der Waals surface area contributed by atoms with E-state index in [1.54, 1.807) is 0 Å². The van der Waals surface area contributed by atoms with Crippen molar-refractivity contribution in [1.29, 1.82) is 0 Å². The molecule has 6 heteroatoms. The summed E-state index contributed by atoms with van der Waals surface area (Å²) in [5.41, 5.74) is 9.30. The van der Waals surface area contributed by atoms with Crippen LogP contribution in [-0.4, -0.2) is 29.7 Å². The van der Waals surface area contributed by atoms with Crippen molar-refractivity contribution in [3.63, 3.8) is 0 Å². The van der Waals surface area contributed by atoms with E-state index in [0.717, 1.165) is 65.3 Å². The number of hydrogen-bond donors (Lipinski definition) is 3. The number of aromatic amines is 1. The van der Waals surface area contributed by atoms with E-state index in [4.69, 9.17) is 9.47 Å². The van der Waals surface area contributed by atoms with Crippen molar-refractivity contribution in [3.05, 3.63) is 89.2 Å². The molecule has 2 heterocycles. The normalized spacial score (nSPS) is 11.3. The molecule has 0 radical (unpaired) electrons. The van der Waals surface area contributed by atoms with Gasteiger partial charge in [-0.2, -0.15) is 0 Å². The van der Waals surface area contributed by atoms with Crippen molar-refractivity contribution in [3.8, 4) is 11.5 Å². The molecule has 3 N–H and O–H groups in total. The van der Waals surface area contributed by atoms with Gasteiger partial charge in [0.2, 0.25) is 0 Å². The molecule has 5 aromatic rings. The quantitative estimate of drug-likeness (QED) is 0.148. The average molecular weight is 523 g/mol. The highest BCUT2D eigenvalue weighted by Gasteiger charge is 2.15. The third-order valence-corrected chi connectivity index (χ3v) is 7.17. The smallest absolute Gasteiger partial charge is 0.163 e. The fourth-order valence-electron chi connectivity index (χ4n) is 5.26. The minimum atomic E-state index is 0.572. The highest BCUT2D eigenvalue weighted by molar-refractivity contribution is 5.96. The molecule has 3 aromatic carbocycles. The Hall–Kier alpha value is -4.03. The summed E-state index contributed by atoms with van der Waals surface area (Å²) in [6.45, 7) is 11.2. The molecule has 0 aliphatic rings. The second-order valence-corrected chi connectivity index (χ2v) is 9.71. The number of rotatable bonds is 12. The zero-order valence-electron chi connectivity index (χ0n) is 23.4. The maximum Gasteiger partial charge on any atom is 0.163 e. The number of para-hydroxylation sites is 1. The lowest BCUT2D eigenvalue weighted by Crippen LogP contribution is -2.18. The molecule has 5 rings (SSSR count). The Kier molecular flexibility index (Phi) is 8.33. The number of pyridine rings is 1. The first-order valence-electron chi connectivity index (χ1n) is 13.9. The Balaban J connectivity index is 1.37. The van der Waals surface area contributed by atoms with Gasteiger partial charge in [0.15, 0.2) is 11.5 Å². The molecular formula is C33H38N4O2. The lowest BCUT2D eigenvalue weighted by Gasteiger charge is -2.19. The third kappa shape index (κ3) is 5.71. The number of aromatic nitrogens is 2. The van der Waals surface area contributed by atoms with Crippen molar-refractivity contribution >= 4 is 33.2 Å². The zero-order valence-corrected chi connectivity index (χ0v) is 23.4. The molecule has 39 heavy (non-hydrogen) atoms. The molecule has 2 aromatic heterocycles. The Morgan fingerprint density at radius 1 is 0.872 bits per heavy atom. The summed E-state index contributed by atoms with van der Waals surface area (Å²) in [6.07, 6.45) is 5.97. The van der Waals surface area contributed by atoms with Crippen LogP contribution in [0.15, 0.2) is 67.0 Å². The highest BCUT2D eigenvalue weighted by atomic mass is 16.5. The van der Waals surface area contributed by atoms with Gasteiger partial charge in [-0.1, -0.05) is 37.3 Å². The predicted octanol–water partition coefficient (Wildman–Crippen LogP) is 7.46. The van der Waals surface area contributed by atoms with Gasteiger partial charge in [-0.25, -0.2) is 0 Å². The summed E-state index contributed by atoms with van der Waals surface area (Å²) in [4.78, 5) is 8.07. The molecule has 0 bridgehead atoms. The number of ether oxygens (including phenoxy) is 2. The number of hydrogen-bond acceptors (Lipinski definition) is 5. The summed E-state index contributed by atoms with van der Waals surface area (Å²) in [6, 6.07) is 19.0. The second-order valence-electron chi connectivity index (χ2n) is 9.71. The number of H-pyrrole nitrogens is 1. The number of aryl methyl sites for hydroxylation is 1. The first kappa shape index (κ1) is 26.6. The topological polar surface area (TPSA) is 71.2 Å². The van der Waals surface area contributed by atoms with Gasteiger partial charge in [-0.3, -0.25) is 4.98 Å². The fourth-order valence-corrected chi connectivity index (χ4v) is 5.26. The highest BCUT2D eigenvalue weighted by Crippen LogP contribution is 2.38. The lowest BCUT2D eigenvalue weighted by atomic mass is 10.0. The van der Waals surface area contributed by atoms with E-state index in [0.29, 0.717) is 13.2 Å². The van der Waals surface area contributed by atoms with Gasteiger partial charge in [0.25, 0.3) is 0 Å². The maximum atomic E-state index is 5.92. The molecule has 202 valence electrons. The van der Waals surface area contributed by atoms with Crippen LogP contribution in [0.5, 0.6) is 11.5 Å². The first-order valence-corrected chi connectivity index (χ1v) is 13.9. The van der Waals surface area contributed by atoms with Crippen LogP contribution in [0.2, 0.25) is 0 Å². The van der Waals surface area contributed by atoms with E-state index < -0.39 is 0 Å². The molecule has 0 saturated carbocycles. The molecule has 0 spiro atoms. The van der Waals surface area contributed by atoms with Crippen LogP contribution < -0.4 is 20.1 Å². The van der Waals surface area contributed by atoms with Gasteiger partial charge in [0, 0.05) is 47.0 Å². The van der Waals surface area contributed by atoms with E-state index in [1.165, 1.54) is 27.6 Å². The van der Waals surface area contributed by atoms with Crippen LogP contribution in [0.1, 0.15) is 43.0 Å². The van der Waals surface area contributed by atoms with E-state index >= 15 is 0 Å². The molecule has 0 unspecified atom stereocenters. The minimum Gasteiger partial charge on any atom is -0.490 e. The van der Waals surface area contributed by atoms with Crippen molar-refractivity contribution in [1.82, 2.24) is 15.3 Å².